The van der Waals surface area contributed by atoms with Crippen LogP contribution in [-0.2, 0) is 6.54 Å². The monoisotopic (exact) mass is 700 g/mol. The van der Waals surface area contributed by atoms with Crippen LogP contribution in [0, 0.1) is 0 Å². The Kier molecular flexibility index (Phi) is 13.9. The predicted molar refractivity (Wildman–Crippen MR) is 171 cm³/mol. The molecule has 0 bridgehead atoms. The van der Waals surface area contributed by atoms with Gasteiger partial charge in [-0.15, -0.1) is 0 Å². The number of halogens is 1. The molecule has 6 heteroatoms. The summed E-state index contributed by atoms with van der Waals surface area (Å²) in [7, 11) is 0. The molecule has 3 rings (SSSR count). The Balaban J connectivity index is 1.58. The maximum absolute atomic E-state index is 12.9. The van der Waals surface area contributed by atoms with Crippen LogP contribution < -0.4 is 10.1 Å². The van der Waals surface area contributed by atoms with Gasteiger partial charge in [-0.25, -0.2) is 0 Å². The Labute approximate surface area is 248 Å². The fourth-order valence-electron chi connectivity index (χ4n) is 5.12. The third-order valence-electron chi connectivity index (χ3n) is 7.48. The van der Waals surface area contributed by atoms with Gasteiger partial charge in [-0.1, -0.05) is 6.07 Å². The number of unbranched alkanes of at least 4 members (excludes halogenated alkanes) is 3. The van der Waals surface area contributed by atoms with E-state index in [0.717, 1.165) is 33.0 Å². The molecule has 0 aliphatic heterocycles. The van der Waals surface area contributed by atoms with E-state index in [0.29, 0.717) is 18.7 Å². The third kappa shape index (κ3) is 9.93. The minimum atomic E-state index is -2.24. The van der Waals surface area contributed by atoms with Crippen LogP contribution in [-0.4, -0.2) is 35.9 Å². The zero-order valence-corrected chi connectivity index (χ0v) is 28.4. The van der Waals surface area contributed by atoms with E-state index in [9.17, 15) is 4.79 Å². The van der Waals surface area contributed by atoms with E-state index in [1.165, 1.54) is 51.8 Å². The molecule has 39 heavy (non-hydrogen) atoms. The quantitative estimate of drug-likeness (QED) is 0.113. The number of benzene rings is 2. The van der Waals surface area contributed by atoms with Gasteiger partial charge in [0.1, 0.15) is 0 Å². The first kappa shape index (κ1) is 31.7. The summed E-state index contributed by atoms with van der Waals surface area (Å²) in [4.78, 5) is 17.1. The molecule has 0 aliphatic rings. The number of nitrogens with zero attached hydrogens (tertiary/aromatic N) is 1. The number of hydrogen-bond donors (Lipinski definition) is 1. The van der Waals surface area contributed by atoms with Crippen LogP contribution in [0.3, 0.4) is 0 Å². The Bertz CT molecular complexity index is 1190. The van der Waals surface area contributed by atoms with Gasteiger partial charge in [0.15, 0.2) is 0 Å². The molecule has 0 spiro atoms. The molecule has 0 fully saturated rings. The minimum absolute atomic E-state index is 0.103. The van der Waals surface area contributed by atoms with Gasteiger partial charge >= 0.3 is 195 Å². The molecule has 0 radical (unpaired) electrons. The van der Waals surface area contributed by atoms with Crippen LogP contribution in [0.15, 0.2) is 69.5 Å². The van der Waals surface area contributed by atoms with Crippen LogP contribution in [0.2, 0.25) is 13.3 Å². The van der Waals surface area contributed by atoms with Crippen molar-refractivity contribution in [1.29, 1.82) is 0 Å². The van der Waals surface area contributed by atoms with E-state index >= 15 is 0 Å². The average Bonchev–Trinajstić information content (AvgIpc) is 2.96. The van der Waals surface area contributed by atoms with Gasteiger partial charge in [-0.3, -0.25) is 4.98 Å². The molecule has 1 aromatic heterocycles. The summed E-state index contributed by atoms with van der Waals surface area (Å²) in [6.45, 7) is 8.06. The standard InChI is InChI=1S/C21H18BrN2O2.3C4H9.Sn/c1-2-3-10-26-20-7-5-4-6-17(20)13-24-21(25)15-8-9-16-12-23-14-19(22)18(16)11-15;3*1-3-4-2;/h1-2,4-9,11-12,14H,3,10,13H2,(H,24,25);3*1,3-4H2,2H3;. The average molecular weight is 700 g/mol. The number of carbonyl (C=O) groups excluding carboxylic acids is 1. The number of amides is 1. The molecule has 1 heterocycles. The number of hydrogen-bond acceptors (Lipinski definition) is 3. The molecule has 4 nitrogen and oxygen atoms in total. The Morgan fingerprint density at radius 1 is 0.974 bits per heavy atom. The zero-order chi connectivity index (χ0) is 27.9. The van der Waals surface area contributed by atoms with Crippen molar-refractivity contribution in [3.05, 3.63) is 80.6 Å². The van der Waals surface area contributed by atoms with Crippen molar-refractivity contribution in [2.75, 3.05) is 6.61 Å². The predicted octanol–water partition coefficient (Wildman–Crippen LogP) is 9.64. The Morgan fingerprint density at radius 3 is 2.36 bits per heavy atom. The summed E-state index contributed by atoms with van der Waals surface area (Å²) in [5.74, 6) is 0.740. The molecule has 0 aliphatic carbocycles. The second-order valence-corrected chi connectivity index (χ2v) is 24.4. The van der Waals surface area contributed by atoms with E-state index in [-0.39, 0.29) is 5.91 Å². The van der Waals surface area contributed by atoms with Gasteiger partial charge < -0.3 is 0 Å². The summed E-state index contributed by atoms with van der Waals surface area (Å²) in [6, 6.07) is 13.7. The van der Waals surface area contributed by atoms with Crippen LogP contribution >= 0.6 is 15.9 Å². The Hall–Kier alpha value is -1.86. The van der Waals surface area contributed by atoms with E-state index < -0.39 is 18.4 Å². The summed E-state index contributed by atoms with van der Waals surface area (Å²) < 4.78 is 14.3. The number of pyridine rings is 1. The van der Waals surface area contributed by atoms with Crippen molar-refractivity contribution in [3.8, 4) is 5.75 Å². The van der Waals surface area contributed by atoms with Crippen molar-refractivity contribution in [2.24, 2.45) is 0 Å². The summed E-state index contributed by atoms with van der Waals surface area (Å²) >= 11 is 1.29. The normalized spacial score (nSPS) is 11.8. The van der Waals surface area contributed by atoms with Gasteiger partial charge in [-0.2, -0.15) is 0 Å². The van der Waals surface area contributed by atoms with Crippen molar-refractivity contribution in [3.63, 3.8) is 0 Å². The third-order valence-corrected chi connectivity index (χ3v) is 22.4. The van der Waals surface area contributed by atoms with Crippen molar-refractivity contribution < 1.29 is 9.53 Å². The molecule has 2 aromatic carbocycles. The van der Waals surface area contributed by atoms with Gasteiger partial charge in [0.2, 0.25) is 0 Å². The molecule has 0 saturated carbocycles. The SMILES string of the molecule is CCC[CH2][Sn](/[CH]=C/CCOc1ccccc1CNC(=O)c1ccc2cncc(Br)c2c1)([CH2]CCC)[CH2]CCC. The summed E-state index contributed by atoms with van der Waals surface area (Å²) in [5, 5.41) is 5.04. The number of aromatic nitrogens is 1. The Morgan fingerprint density at radius 2 is 1.67 bits per heavy atom. The number of para-hydroxylation sites is 1. The van der Waals surface area contributed by atoms with Gasteiger partial charge in [0, 0.05) is 22.3 Å². The summed E-state index contributed by atoms with van der Waals surface area (Å²) in [6.07, 6.45) is 15.0. The molecule has 3 aromatic rings. The van der Waals surface area contributed by atoms with Crippen molar-refractivity contribution in [1.82, 2.24) is 10.3 Å². The van der Waals surface area contributed by atoms with E-state index in [2.05, 4.69) is 57.2 Å². The molecular formula is C33H45BrN2O2Sn. The van der Waals surface area contributed by atoms with Crippen LogP contribution in [0.1, 0.15) is 81.6 Å². The molecule has 1 amide bonds. The maximum atomic E-state index is 12.9. The molecular weight excluding hydrogens is 655 g/mol. The summed E-state index contributed by atoms with van der Waals surface area (Å²) in [5.41, 5.74) is 1.62. The number of fused-ring (bicyclic) bond motifs is 1. The van der Waals surface area contributed by atoms with E-state index in [1.54, 1.807) is 12.4 Å². The molecule has 0 saturated heterocycles. The second-order valence-electron chi connectivity index (χ2n) is 10.6. The number of ether oxygens (including phenoxy) is 1. The molecule has 210 valence electrons. The fraction of sp³-hybridized carbons (Fsp3) is 0.455. The fourth-order valence-corrected chi connectivity index (χ4v) is 20.1. The molecule has 1 N–H and O–H groups in total. The van der Waals surface area contributed by atoms with Gasteiger partial charge in [0.05, 0.1) is 0 Å². The number of carbonyl (C=O) groups is 1. The first-order valence-corrected chi connectivity index (χ1v) is 23.2. The van der Waals surface area contributed by atoms with Crippen LogP contribution in [0.4, 0.5) is 0 Å². The first-order valence-electron chi connectivity index (χ1n) is 14.7. The van der Waals surface area contributed by atoms with Crippen LogP contribution in [0.5, 0.6) is 5.75 Å². The molecule has 0 unspecified atom stereocenters. The van der Waals surface area contributed by atoms with Gasteiger partial charge in [-0.05, 0) is 21.3 Å². The van der Waals surface area contributed by atoms with Crippen molar-refractivity contribution in [2.45, 2.75) is 85.6 Å². The van der Waals surface area contributed by atoms with Crippen molar-refractivity contribution >= 4 is 51.0 Å². The second kappa shape index (κ2) is 17.1. The van der Waals surface area contributed by atoms with E-state index in [1.807, 2.05) is 42.5 Å². The van der Waals surface area contributed by atoms with Gasteiger partial charge in [0.25, 0.3) is 0 Å². The number of nitrogens with one attached hydrogen (secondary N) is 1. The zero-order valence-electron chi connectivity index (χ0n) is 24.0. The number of rotatable bonds is 17. The van der Waals surface area contributed by atoms with Crippen LogP contribution in [0.25, 0.3) is 10.8 Å². The topological polar surface area (TPSA) is 51.2 Å². The molecule has 0 atom stereocenters. The first-order chi connectivity index (χ1) is 19.0. The van der Waals surface area contributed by atoms with E-state index in [4.69, 9.17) is 4.74 Å².